The molecule has 1 atom stereocenters. The van der Waals surface area contributed by atoms with E-state index < -0.39 is 0 Å². The van der Waals surface area contributed by atoms with E-state index in [9.17, 15) is 15.0 Å². The minimum atomic E-state index is -0.377. The van der Waals surface area contributed by atoms with Crippen molar-refractivity contribution in [1.82, 2.24) is 4.90 Å². The molecule has 0 bridgehead atoms. The van der Waals surface area contributed by atoms with Crippen LogP contribution in [0, 0.1) is 10.8 Å². The maximum atomic E-state index is 11.9. The maximum Gasteiger partial charge on any atom is 0.155 e. The van der Waals surface area contributed by atoms with Gasteiger partial charge in [0.2, 0.25) is 0 Å². The SMILES string of the molecule is C=CC(=O)CCC1=C(O)CC(C)(C)C(CCO)(N2CCCCC2(C)C)C1(C)C. The molecule has 2 rings (SSSR count). The van der Waals surface area contributed by atoms with Crippen molar-refractivity contribution in [2.75, 3.05) is 13.2 Å². The highest BCUT2D eigenvalue weighted by molar-refractivity contribution is 5.89. The molecule has 0 spiro atoms. The van der Waals surface area contributed by atoms with Crippen LogP contribution in [0.3, 0.4) is 0 Å². The van der Waals surface area contributed by atoms with E-state index in [-0.39, 0.29) is 34.3 Å². The Hall–Kier alpha value is -1.13. The average molecular weight is 392 g/mol. The summed E-state index contributed by atoms with van der Waals surface area (Å²) in [5.74, 6) is 0.433. The van der Waals surface area contributed by atoms with Gasteiger partial charge in [-0.05, 0) is 63.1 Å². The molecule has 160 valence electrons. The summed E-state index contributed by atoms with van der Waals surface area (Å²) < 4.78 is 0. The molecular formula is C24H41NO3. The van der Waals surface area contributed by atoms with Crippen molar-refractivity contribution in [3.8, 4) is 0 Å². The van der Waals surface area contributed by atoms with E-state index in [1.807, 2.05) is 0 Å². The third kappa shape index (κ3) is 3.59. The smallest absolute Gasteiger partial charge is 0.155 e. The van der Waals surface area contributed by atoms with Gasteiger partial charge in [-0.1, -0.05) is 40.7 Å². The van der Waals surface area contributed by atoms with Gasteiger partial charge in [-0.15, -0.1) is 0 Å². The number of hydrogen-bond acceptors (Lipinski definition) is 4. The van der Waals surface area contributed by atoms with Gasteiger partial charge in [0.15, 0.2) is 5.78 Å². The lowest BCUT2D eigenvalue weighted by molar-refractivity contribution is -0.164. The van der Waals surface area contributed by atoms with Crippen LogP contribution in [-0.4, -0.2) is 45.1 Å². The lowest BCUT2D eigenvalue weighted by Crippen LogP contribution is -2.73. The van der Waals surface area contributed by atoms with Gasteiger partial charge in [-0.2, -0.15) is 0 Å². The quantitative estimate of drug-likeness (QED) is 0.587. The zero-order chi connectivity index (χ0) is 21.4. The summed E-state index contributed by atoms with van der Waals surface area (Å²) >= 11 is 0. The predicted octanol–water partition coefficient (Wildman–Crippen LogP) is 5.18. The lowest BCUT2D eigenvalue weighted by Gasteiger charge is -2.68. The Kier molecular flexibility index (Phi) is 6.57. The van der Waals surface area contributed by atoms with E-state index in [1.54, 1.807) is 0 Å². The van der Waals surface area contributed by atoms with Crippen molar-refractivity contribution in [3.63, 3.8) is 0 Å². The normalized spacial score (nSPS) is 29.5. The number of hydrogen-bond donors (Lipinski definition) is 2. The number of rotatable bonds is 7. The van der Waals surface area contributed by atoms with E-state index in [1.165, 1.54) is 12.5 Å². The van der Waals surface area contributed by atoms with Crippen molar-refractivity contribution in [2.45, 2.75) is 97.6 Å². The van der Waals surface area contributed by atoms with Gasteiger partial charge in [0.25, 0.3) is 0 Å². The Morgan fingerprint density at radius 2 is 1.82 bits per heavy atom. The Balaban J connectivity index is 2.64. The standard InChI is InChI=1S/C24H41NO3/c1-8-18(27)11-12-19-20(28)17-21(2,3)24(14-16-26,23(19,6)7)25-15-10-9-13-22(25,4)5/h8,26,28H,1,9-17H2,2-7H3. The molecule has 0 aromatic heterocycles. The molecule has 4 heteroatoms. The Bertz CT molecular complexity index is 644. The fourth-order valence-corrected chi connectivity index (χ4v) is 6.56. The summed E-state index contributed by atoms with van der Waals surface area (Å²) in [5.41, 5.74) is 0.0903. The van der Waals surface area contributed by atoms with E-state index in [4.69, 9.17) is 0 Å². The lowest BCUT2D eigenvalue weighted by atomic mass is 9.48. The first-order valence-electron chi connectivity index (χ1n) is 10.8. The molecule has 28 heavy (non-hydrogen) atoms. The molecule has 0 saturated carbocycles. The molecule has 1 saturated heterocycles. The number of allylic oxidation sites excluding steroid dienone is 2. The number of nitrogens with zero attached hydrogens (tertiary/aromatic N) is 1. The Labute approximate surface area is 171 Å². The van der Waals surface area contributed by atoms with Crippen LogP contribution in [0.1, 0.15) is 86.5 Å². The van der Waals surface area contributed by atoms with Crippen LogP contribution < -0.4 is 0 Å². The number of carbonyl (C=O) groups excluding carboxylic acids is 1. The highest BCUT2D eigenvalue weighted by Gasteiger charge is 2.64. The van der Waals surface area contributed by atoms with E-state index in [0.29, 0.717) is 31.4 Å². The van der Waals surface area contributed by atoms with E-state index in [0.717, 1.165) is 25.0 Å². The van der Waals surface area contributed by atoms with Crippen molar-refractivity contribution < 1.29 is 15.0 Å². The van der Waals surface area contributed by atoms with Crippen molar-refractivity contribution in [2.24, 2.45) is 10.8 Å². The number of carbonyl (C=O) groups is 1. The van der Waals surface area contributed by atoms with Crippen LogP contribution in [0.2, 0.25) is 0 Å². The highest BCUT2D eigenvalue weighted by atomic mass is 16.3. The second kappa shape index (κ2) is 7.95. The van der Waals surface area contributed by atoms with Crippen LogP contribution in [0.25, 0.3) is 0 Å². The third-order valence-corrected chi connectivity index (χ3v) is 7.80. The summed E-state index contributed by atoms with van der Waals surface area (Å²) in [6, 6.07) is 0. The molecule has 1 aliphatic heterocycles. The van der Waals surface area contributed by atoms with Crippen LogP contribution >= 0.6 is 0 Å². The minimum absolute atomic E-state index is 0.00648. The average Bonchev–Trinajstić information content (AvgIpc) is 2.57. The molecule has 0 aromatic carbocycles. The number of ketones is 1. The van der Waals surface area contributed by atoms with Gasteiger partial charge >= 0.3 is 0 Å². The first kappa shape index (κ1) is 23.2. The van der Waals surface area contributed by atoms with Crippen LogP contribution in [0.4, 0.5) is 0 Å². The molecular weight excluding hydrogens is 350 g/mol. The summed E-state index contributed by atoms with van der Waals surface area (Å²) in [6.45, 7) is 18.2. The molecule has 1 aliphatic carbocycles. The molecule has 2 N–H and O–H groups in total. The number of piperidine rings is 1. The molecule has 0 radical (unpaired) electrons. The van der Waals surface area contributed by atoms with Gasteiger partial charge in [0.05, 0.1) is 5.76 Å². The number of likely N-dealkylation sites (tertiary alicyclic amines) is 1. The molecule has 1 heterocycles. The zero-order valence-electron chi connectivity index (χ0n) is 18.9. The van der Waals surface area contributed by atoms with Crippen molar-refractivity contribution >= 4 is 5.78 Å². The van der Waals surface area contributed by atoms with Gasteiger partial charge in [0.1, 0.15) is 0 Å². The Morgan fingerprint density at radius 3 is 2.36 bits per heavy atom. The second-order valence-corrected chi connectivity index (χ2v) is 10.5. The first-order chi connectivity index (χ1) is 12.9. The summed E-state index contributed by atoms with van der Waals surface area (Å²) in [5, 5.41) is 21.2. The van der Waals surface area contributed by atoms with Gasteiger partial charge in [-0.25, -0.2) is 0 Å². The van der Waals surface area contributed by atoms with Crippen LogP contribution in [0.5, 0.6) is 0 Å². The maximum absolute atomic E-state index is 11.9. The largest absolute Gasteiger partial charge is 0.512 e. The minimum Gasteiger partial charge on any atom is -0.512 e. The molecule has 1 unspecified atom stereocenters. The second-order valence-electron chi connectivity index (χ2n) is 10.5. The van der Waals surface area contributed by atoms with Gasteiger partial charge < -0.3 is 10.2 Å². The fourth-order valence-electron chi connectivity index (χ4n) is 6.56. The van der Waals surface area contributed by atoms with Gasteiger partial charge in [0, 0.05) is 35.9 Å². The molecule has 0 aromatic rings. The monoisotopic (exact) mass is 391 g/mol. The molecule has 2 aliphatic rings. The summed E-state index contributed by atoms with van der Waals surface area (Å²) in [6.07, 6.45) is 7.01. The first-order valence-corrected chi connectivity index (χ1v) is 10.8. The predicted molar refractivity (Wildman–Crippen MR) is 115 cm³/mol. The summed E-state index contributed by atoms with van der Waals surface area (Å²) in [7, 11) is 0. The fraction of sp³-hybridized carbons (Fsp3) is 0.792. The van der Waals surface area contributed by atoms with Crippen molar-refractivity contribution in [3.05, 3.63) is 24.0 Å². The van der Waals surface area contributed by atoms with Crippen LogP contribution in [-0.2, 0) is 4.79 Å². The summed E-state index contributed by atoms with van der Waals surface area (Å²) in [4.78, 5) is 14.6. The number of aliphatic hydroxyl groups is 2. The molecule has 1 fully saturated rings. The van der Waals surface area contributed by atoms with E-state index in [2.05, 4.69) is 53.0 Å². The molecule has 4 nitrogen and oxygen atoms in total. The zero-order valence-corrected chi connectivity index (χ0v) is 18.9. The highest BCUT2D eigenvalue weighted by Crippen LogP contribution is 2.62. The number of aliphatic hydroxyl groups excluding tert-OH is 2. The van der Waals surface area contributed by atoms with Crippen molar-refractivity contribution in [1.29, 1.82) is 0 Å². The third-order valence-electron chi connectivity index (χ3n) is 7.80. The topological polar surface area (TPSA) is 60.8 Å². The van der Waals surface area contributed by atoms with Gasteiger partial charge in [-0.3, -0.25) is 9.69 Å². The Morgan fingerprint density at radius 1 is 1.18 bits per heavy atom. The molecule has 0 amide bonds. The van der Waals surface area contributed by atoms with E-state index >= 15 is 0 Å². The van der Waals surface area contributed by atoms with Crippen LogP contribution in [0.15, 0.2) is 24.0 Å².